The van der Waals surface area contributed by atoms with Gasteiger partial charge in [-0.1, -0.05) is 44.0 Å². The van der Waals surface area contributed by atoms with Crippen molar-refractivity contribution in [2.75, 3.05) is 0 Å². The van der Waals surface area contributed by atoms with Crippen molar-refractivity contribution in [2.45, 2.75) is 51.4 Å². The summed E-state index contributed by atoms with van der Waals surface area (Å²) in [4.78, 5) is 0. The van der Waals surface area contributed by atoms with E-state index in [0.29, 0.717) is 0 Å². The van der Waals surface area contributed by atoms with Crippen LogP contribution < -0.4 is 0 Å². The summed E-state index contributed by atoms with van der Waals surface area (Å²) in [6.07, 6.45) is 8.47. The van der Waals surface area contributed by atoms with Crippen LogP contribution in [0.1, 0.15) is 56.9 Å². The molecule has 0 heterocycles. The van der Waals surface area contributed by atoms with Gasteiger partial charge in [-0.2, -0.15) is 0 Å². The Bertz CT molecular complexity index is 267. The Morgan fingerprint density at radius 3 is 2.40 bits per heavy atom. The van der Waals surface area contributed by atoms with Crippen molar-refractivity contribution in [1.29, 1.82) is 0 Å². The summed E-state index contributed by atoms with van der Waals surface area (Å²) in [7, 11) is 0. The van der Waals surface area contributed by atoms with Gasteiger partial charge < -0.3 is 0 Å². The summed E-state index contributed by atoms with van der Waals surface area (Å²) in [6.45, 7) is 2.30. The highest BCUT2D eigenvalue weighted by Crippen LogP contribution is 2.37. The molecular weight excluding hydrogens is 180 g/mol. The van der Waals surface area contributed by atoms with E-state index in [9.17, 15) is 0 Å². The van der Waals surface area contributed by atoms with Gasteiger partial charge in [-0.15, -0.1) is 0 Å². The lowest BCUT2D eigenvalue weighted by Gasteiger charge is -2.28. The zero-order chi connectivity index (χ0) is 10.5. The van der Waals surface area contributed by atoms with E-state index in [1.807, 2.05) is 12.1 Å². The first kappa shape index (κ1) is 10.7. The second-order valence-corrected chi connectivity index (χ2v) is 4.84. The Kier molecular flexibility index (Phi) is 3.82. The molecule has 0 saturated heterocycles. The number of hydrogen-bond acceptors (Lipinski definition) is 0. The first-order valence-electron chi connectivity index (χ1n) is 6.36. The lowest BCUT2D eigenvalue weighted by Crippen LogP contribution is -2.13. The van der Waals surface area contributed by atoms with Crippen molar-refractivity contribution in [1.82, 2.24) is 0 Å². The molecular formula is C15H21. The zero-order valence-corrected chi connectivity index (χ0v) is 9.71. The van der Waals surface area contributed by atoms with Gasteiger partial charge in [0.05, 0.1) is 0 Å². The monoisotopic (exact) mass is 201 g/mol. The fourth-order valence-electron chi connectivity index (χ4n) is 2.86. The van der Waals surface area contributed by atoms with Crippen LogP contribution in [0, 0.1) is 12.0 Å². The van der Waals surface area contributed by atoms with Crippen LogP contribution >= 0.6 is 0 Å². The summed E-state index contributed by atoms with van der Waals surface area (Å²) in [5, 5.41) is 0. The van der Waals surface area contributed by atoms with Gasteiger partial charge in [-0.3, -0.25) is 0 Å². The fourth-order valence-corrected chi connectivity index (χ4v) is 2.86. The SMILES string of the molecule is CCCC1CCC(c2cc[c]cc2)CC1. The molecule has 0 spiro atoms. The van der Waals surface area contributed by atoms with E-state index in [1.165, 1.54) is 44.1 Å². The third kappa shape index (κ3) is 2.84. The van der Waals surface area contributed by atoms with Crippen molar-refractivity contribution < 1.29 is 0 Å². The van der Waals surface area contributed by atoms with E-state index >= 15 is 0 Å². The van der Waals surface area contributed by atoms with Crippen molar-refractivity contribution in [3.63, 3.8) is 0 Å². The predicted molar refractivity (Wildman–Crippen MR) is 64.9 cm³/mol. The summed E-state index contributed by atoms with van der Waals surface area (Å²) in [5.74, 6) is 1.84. The Morgan fingerprint density at radius 2 is 1.80 bits per heavy atom. The zero-order valence-electron chi connectivity index (χ0n) is 9.71. The minimum Gasteiger partial charge on any atom is -0.0654 e. The molecule has 1 aliphatic rings. The highest BCUT2D eigenvalue weighted by molar-refractivity contribution is 5.19. The molecule has 0 N–H and O–H groups in total. The summed E-state index contributed by atoms with van der Waals surface area (Å²) in [6, 6.07) is 11.7. The minimum absolute atomic E-state index is 0.827. The molecule has 0 atom stereocenters. The van der Waals surface area contributed by atoms with E-state index in [4.69, 9.17) is 0 Å². The van der Waals surface area contributed by atoms with Crippen LogP contribution in [0.4, 0.5) is 0 Å². The second kappa shape index (κ2) is 5.34. The molecule has 0 aliphatic heterocycles. The standard InChI is InChI=1S/C15H21/c1-2-6-13-9-11-15(12-10-13)14-7-4-3-5-8-14/h4-5,7-8,13,15H,2,6,9-12H2,1H3. The van der Waals surface area contributed by atoms with E-state index in [-0.39, 0.29) is 0 Å². The average Bonchev–Trinajstić information content (AvgIpc) is 2.32. The molecule has 0 amide bonds. The quantitative estimate of drug-likeness (QED) is 0.672. The van der Waals surface area contributed by atoms with Crippen LogP contribution in [0.15, 0.2) is 24.3 Å². The van der Waals surface area contributed by atoms with Gasteiger partial charge in [-0.05, 0) is 49.1 Å². The van der Waals surface area contributed by atoms with Crippen molar-refractivity contribution in [3.05, 3.63) is 35.9 Å². The van der Waals surface area contributed by atoms with Crippen LogP contribution in [0.3, 0.4) is 0 Å². The minimum atomic E-state index is 0.827. The van der Waals surface area contributed by atoms with E-state index in [2.05, 4.69) is 25.1 Å². The van der Waals surface area contributed by atoms with Gasteiger partial charge in [0, 0.05) is 0 Å². The average molecular weight is 201 g/mol. The second-order valence-electron chi connectivity index (χ2n) is 4.84. The maximum atomic E-state index is 3.10. The normalized spacial score (nSPS) is 26.5. The fraction of sp³-hybridized carbons (Fsp3) is 0.600. The number of rotatable bonds is 3. The molecule has 1 aliphatic carbocycles. The first-order valence-corrected chi connectivity index (χ1v) is 6.36. The van der Waals surface area contributed by atoms with Crippen molar-refractivity contribution in [2.24, 2.45) is 5.92 Å². The Labute approximate surface area is 93.7 Å². The largest absolute Gasteiger partial charge is 0.0654 e. The predicted octanol–water partition coefficient (Wildman–Crippen LogP) is 4.56. The third-order valence-electron chi connectivity index (χ3n) is 3.76. The molecule has 1 aromatic carbocycles. The highest BCUT2D eigenvalue weighted by Gasteiger charge is 2.21. The molecule has 15 heavy (non-hydrogen) atoms. The molecule has 1 saturated carbocycles. The van der Waals surface area contributed by atoms with Gasteiger partial charge in [0.25, 0.3) is 0 Å². The molecule has 0 heteroatoms. The Balaban J connectivity index is 1.88. The number of benzene rings is 1. The first-order chi connectivity index (χ1) is 7.40. The van der Waals surface area contributed by atoms with E-state index in [1.54, 1.807) is 0 Å². The molecule has 1 fully saturated rings. The Hall–Kier alpha value is -0.780. The lowest BCUT2D eigenvalue weighted by molar-refractivity contribution is 0.308. The van der Waals surface area contributed by atoms with E-state index in [0.717, 1.165) is 11.8 Å². The van der Waals surface area contributed by atoms with Gasteiger partial charge in [0.1, 0.15) is 0 Å². The maximum absolute atomic E-state index is 3.10. The number of hydrogen-bond donors (Lipinski definition) is 0. The van der Waals surface area contributed by atoms with Crippen LogP contribution in [-0.4, -0.2) is 0 Å². The topological polar surface area (TPSA) is 0 Å². The molecule has 0 unspecified atom stereocenters. The highest BCUT2D eigenvalue weighted by atomic mass is 14.3. The smallest absolute Gasteiger partial charge is 0.0162 e. The summed E-state index contributed by atoms with van der Waals surface area (Å²) >= 11 is 0. The molecule has 0 aromatic heterocycles. The molecule has 81 valence electrons. The maximum Gasteiger partial charge on any atom is -0.0162 e. The summed E-state index contributed by atoms with van der Waals surface area (Å²) < 4.78 is 0. The summed E-state index contributed by atoms with van der Waals surface area (Å²) in [5.41, 5.74) is 1.53. The van der Waals surface area contributed by atoms with E-state index < -0.39 is 0 Å². The molecule has 1 radical (unpaired) electrons. The molecule has 0 bridgehead atoms. The van der Waals surface area contributed by atoms with Crippen LogP contribution in [0.5, 0.6) is 0 Å². The van der Waals surface area contributed by atoms with Crippen molar-refractivity contribution >= 4 is 0 Å². The van der Waals surface area contributed by atoms with Gasteiger partial charge >= 0.3 is 0 Å². The molecule has 0 nitrogen and oxygen atoms in total. The van der Waals surface area contributed by atoms with Crippen LogP contribution in [-0.2, 0) is 0 Å². The van der Waals surface area contributed by atoms with Gasteiger partial charge in [0.15, 0.2) is 0 Å². The van der Waals surface area contributed by atoms with Gasteiger partial charge in [-0.25, -0.2) is 0 Å². The Morgan fingerprint density at radius 1 is 1.13 bits per heavy atom. The molecule has 2 rings (SSSR count). The lowest BCUT2D eigenvalue weighted by atomic mass is 9.77. The van der Waals surface area contributed by atoms with Crippen LogP contribution in [0.25, 0.3) is 0 Å². The van der Waals surface area contributed by atoms with Crippen LogP contribution in [0.2, 0.25) is 0 Å². The van der Waals surface area contributed by atoms with Gasteiger partial charge in [0.2, 0.25) is 0 Å². The third-order valence-corrected chi connectivity index (χ3v) is 3.76. The molecule has 1 aromatic rings. The van der Waals surface area contributed by atoms with Crippen molar-refractivity contribution in [3.8, 4) is 0 Å².